The van der Waals surface area contributed by atoms with Crippen LogP contribution < -0.4 is 19.5 Å². The van der Waals surface area contributed by atoms with Gasteiger partial charge in [-0.2, -0.15) is 0 Å². The predicted molar refractivity (Wildman–Crippen MR) is 98.5 cm³/mol. The Labute approximate surface area is 155 Å². The molecule has 130 valence electrons. The van der Waals surface area contributed by atoms with Gasteiger partial charge in [-0.25, -0.2) is 0 Å². The Bertz CT molecular complexity index is 959. The lowest BCUT2D eigenvalue weighted by Crippen LogP contribution is -2.12. The fraction of sp³-hybridized carbons (Fsp3) is 0.0500. The Balaban J connectivity index is 1.59. The topological polar surface area (TPSA) is 56.8 Å². The summed E-state index contributed by atoms with van der Waals surface area (Å²) in [6.07, 6.45) is 0. The summed E-state index contributed by atoms with van der Waals surface area (Å²) >= 11 is 6.08. The monoisotopic (exact) mass is 367 g/mol. The van der Waals surface area contributed by atoms with Gasteiger partial charge in [0.2, 0.25) is 6.79 Å². The molecule has 26 heavy (non-hydrogen) atoms. The Kier molecular flexibility index (Phi) is 4.37. The van der Waals surface area contributed by atoms with Crippen molar-refractivity contribution in [3.63, 3.8) is 0 Å². The van der Waals surface area contributed by atoms with Crippen LogP contribution in [0.3, 0.4) is 0 Å². The van der Waals surface area contributed by atoms with Gasteiger partial charge in [-0.15, -0.1) is 0 Å². The highest BCUT2D eigenvalue weighted by Gasteiger charge is 2.17. The highest BCUT2D eigenvalue weighted by molar-refractivity contribution is 6.31. The van der Waals surface area contributed by atoms with Gasteiger partial charge in [-0.05, 0) is 48.5 Å². The van der Waals surface area contributed by atoms with Gasteiger partial charge in [0.05, 0.1) is 5.69 Å². The molecular weight excluding hydrogens is 354 g/mol. The number of carbonyl (C=O) groups excluding carboxylic acids is 1. The Hall–Kier alpha value is -3.18. The van der Waals surface area contributed by atoms with Gasteiger partial charge in [0, 0.05) is 10.6 Å². The highest BCUT2D eigenvalue weighted by Crippen LogP contribution is 2.34. The van der Waals surface area contributed by atoms with Crippen LogP contribution in [0.25, 0.3) is 0 Å². The van der Waals surface area contributed by atoms with Crippen molar-refractivity contribution in [1.82, 2.24) is 0 Å². The molecule has 3 aromatic carbocycles. The zero-order valence-corrected chi connectivity index (χ0v) is 14.3. The van der Waals surface area contributed by atoms with Gasteiger partial charge in [0.25, 0.3) is 5.91 Å². The number of halogens is 1. The van der Waals surface area contributed by atoms with Gasteiger partial charge < -0.3 is 19.5 Å². The second kappa shape index (κ2) is 6.98. The molecule has 0 unspecified atom stereocenters. The van der Waals surface area contributed by atoms with E-state index < -0.39 is 0 Å². The second-order valence-electron chi connectivity index (χ2n) is 5.58. The number of rotatable bonds is 4. The van der Waals surface area contributed by atoms with Crippen LogP contribution in [0.4, 0.5) is 5.69 Å². The molecular formula is C20H14ClNO4. The number of anilines is 1. The Morgan fingerprint density at radius 3 is 2.62 bits per heavy atom. The van der Waals surface area contributed by atoms with E-state index in [1.54, 1.807) is 36.4 Å². The minimum atomic E-state index is -0.302. The summed E-state index contributed by atoms with van der Waals surface area (Å²) in [4.78, 5) is 12.6. The molecule has 0 saturated heterocycles. The van der Waals surface area contributed by atoms with Crippen LogP contribution in [0.5, 0.6) is 23.0 Å². The summed E-state index contributed by atoms with van der Waals surface area (Å²) in [6, 6.07) is 19.4. The van der Waals surface area contributed by atoms with Crippen molar-refractivity contribution in [2.45, 2.75) is 0 Å². The first-order valence-corrected chi connectivity index (χ1v) is 8.30. The summed E-state index contributed by atoms with van der Waals surface area (Å²) in [5.41, 5.74) is 0.920. The number of amides is 1. The van der Waals surface area contributed by atoms with Gasteiger partial charge in [-0.3, -0.25) is 4.79 Å². The zero-order chi connectivity index (χ0) is 17.9. The van der Waals surface area contributed by atoms with Crippen molar-refractivity contribution in [3.05, 3.63) is 77.3 Å². The summed E-state index contributed by atoms with van der Waals surface area (Å²) in [6.45, 7) is 0.157. The molecule has 1 amide bonds. The summed E-state index contributed by atoms with van der Waals surface area (Å²) in [5, 5.41) is 3.33. The van der Waals surface area contributed by atoms with Crippen molar-refractivity contribution < 1.29 is 19.0 Å². The number of ether oxygens (including phenoxy) is 3. The molecule has 5 nitrogen and oxygen atoms in total. The maximum Gasteiger partial charge on any atom is 0.255 e. The molecule has 1 aliphatic rings. The molecule has 0 fully saturated rings. The Morgan fingerprint density at radius 2 is 1.77 bits per heavy atom. The number of fused-ring (bicyclic) bond motifs is 1. The lowest BCUT2D eigenvalue weighted by molar-refractivity contribution is 0.102. The van der Waals surface area contributed by atoms with Gasteiger partial charge in [-0.1, -0.05) is 29.8 Å². The van der Waals surface area contributed by atoms with Crippen molar-refractivity contribution in [2.24, 2.45) is 0 Å². The van der Waals surface area contributed by atoms with E-state index in [0.29, 0.717) is 39.3 Å². The van der Waals surface area contributed by atoms with E-state index in [1.807, 2.05) is 30.3 Å². The summed E-state index contributed by atoms with van der Waals surface area (Å²) < 4.78 is 16.4. The normalized spacial score (nSPS) is 11.9. The smallest absolute Gasteiger partial charge is 0.255 e. The van der Waals surface area contributed by atoms with Gasteiger partial charge in [0.1, 0.15) is 5.75 Å². The minimum Gasteiger partial charge on any atom is -0.455 e. The van der Waals surface area contributed by atoms with E-state index in [2.05, 4.69) is 5.32 Å². The number of nitrogens with one attached hydrogen (secondary N) is 1. The molecule has 0 radical (unpaired) electrons. The molecule has 1 heterocycles. The molecule has 1 N–H and O–H groups in total. The fourth-order valence-corrected chi connectivity index (χ4v) is 2.71. The van der Waals surface area contributed by atoms with E-state index in [0.717, 1.165) is 0 Å². The average molecular weight is 368 g/mol. The predicted octanol–water partition coefficient (Wildman–Crippen LogP) is 5.11. The maximum absolute atomic E-state index is 12.6. The van der Waals surface area contributed by atoms with E-state index in [-0.39, 0.29) is 12.7 Å². The maximum atomic E-state index is 12.6. The zero-order valence-electron chi connectivity index (χ0n) is 13.6. The average Bonchev–Trinajstić information content (AvgIpc) is 3.12. The Morgan fingerprint density at radius 1 is 0.962 bits per heavy atom. The van der Waals surface area contributed by atoms with Crippen LogP contribution in [0.1, 0.15) is 10.4 Å². The van der Waals surface area contributed by atoms with Crippen LogP contribution in [0, 0.1) is 0 Å². The number of benzene rings is 3. The lowest BCUT2D eigenvalue weighted by Gasteiger charge is -2.13. The standard InChI is InChI=1S/C20H14ClNO4/c21-14-7-9-17(26-15-4-2-1-3-5-15)16(11-14)22-20(23)13-6-8-18-19(10-13)25-12-24-18/h1-11H,12H2,(H,22,23). The lowest BCUT2D eigenvalue weighted by atomic mass is 10.2. The molecule has 0 aliphatic carbocycles. The molecule has 0 aromatic heterocycles. The molecule has 6 heteroatoms. The van der Waals surface area contributed by atoms with Crippen LogP contribution in [-0.4, -0.2) is 12.7 Å². The van der Waals surface area contributed by atoms with Crippen molar-refractivity contribution in [3.8, 4) is 23.0 Å². The molecule has 0 spiro atoms. The largest absolute Gasteiger partial charge is 0.455 e. The van der Waals surface area contributed by atoms with Gasteiger partial charge >= 0.3 is 0 Å². The molecule has 0 bridgehead atoms. The third-order valence-corrected chi connectivity index (χ3v) is 4.03. The first-order chi connectivity index (χ1) is 12.7. The van der Waals surface area contributed by atoms with Crippen LogP contribution >= 0.6 is 11.6 Å². The van der Waals surface area contributed by atoms with Crippen molar-refractivity contribution in [1.29, 1.82) is 0 Å². The number of hydrogen-bond acceptors (Lipinski definition) is 4. The van der Waals surface area contributed by atoms with Crippen molar-refractivity contribution >= 4 is 23.2 Å². The summed E-state index contributed by atoms with van der Waals surface area (Å²) in [5.74, 6) is 2.02. The van der Waals surface area contributed by atoms with E-state index in [1.165, 1.54) is 0 Å². The number of hydrogen-bond donors (Lipinski definition) is 1. The quantitative estimate of drug-likeness (QED) is 0.695. The van der Waals surface area contributed by atoms with Crippen LogP contribution in [0.15, 0.2) is 66.7 Å². The van der Waals surface area contributed by atoms with Gasteiger partial charge in [0.15, 0.2) is 17.2 Å². The third-order valence-electron chi connectivity index (χ3n) is 3.80. The van der Waals surface area contributed by atoms with E-state index in [4.69, 9.17) is 25.8 Å². The number of carbonyl (C=O) groups is 1. The molecule has 4 rings (SSSR count). The minimum absolute atomic E-state index is 0.157. The van der Waals surface area contributed by atoms with E-state index in [9.17, 15) is 4.79 Å². The summed E-state index contributed by atoms with van der Waals surface area (Å²) in [7, 11) is 0. The molecule has 3 aromatic rings. The van der Waals surface area contributed by atoms with Crippen LogP contribution in [0.2, 0.25) is 5.02 Å². The first-order valence-electron chi connectivity index (χ1n) is 7.92. The SMILES string of the molecule is O=C(Nc1cc(Cl)ccc1Oc1ccccc1)c1ccc2c(c1)OCO2. The second-order valence-corrected chi connectivity index (χ2v) is 6.01. The molecule has 0 atom stereocenters. The van der Waals surface area contributed by atoms with Crippen molar-refractivity contribution in [2.75, 3.05) is 12.1 Å². The fourth-order valence-electron chi connectivity index (χ4n) is 2.54. The van der Waals surface area contributed by atoms with E-state index >= 15 is 0 Å². The number of para-hydroxylation sites is 1. The molecule has 1 aliphatic heterocycles. The highest BCUT2D eigenvalue weighted by atomic mass is 35.5. The van der Waals surface area contributed by atoms with Crippen LogP contribution in [-0.2, 0) is 0 Å². The molecule has 0 saturated carbocycles. The third kappa shape index (κ3) is 3.43. The first kappa shape index (κ1) is 16.3.